The quantitative estimate of drug-likeness (QED) is 0.730. The molecule has 0 aliphatic heterocycles. The Labute approximate surface area is 90.9 Å². The summed E-state index contributed by atoms with van der Waals surface area (Å²) in [6, 6.07) is 1.95. The zero-order valence-corrected chi connectivity index (χ0v) is 9.73. The summed E-state index contributed by atoms with van der Waals surface area (Å²) in [5.41, 5.74) is 1.86. The first-order valence-electron chi connectivity index (χ1n) is 5.40. The second kappa shape index (κ2) is 5.88. The molecule has 0 radical (unpaired) electrons. The van der Waals surface area contributed by atoms with Gasteiger partial charge in [0.2, 0.25) is 0 Å². The van der Waals surface area contributed by atoms with Crippen molar-refractivity contribution in [3.8, 4) is 0 Å². The molecular formula is C11H20N2O2. The Bertz CT molecular complexity index is 297. The minimum absolute atomic E-state index is 0.429. The molecule has 4 heteroatoms. The predicted molar refractivity (Wildman–Crippen MR) is 58.7 cm³/mol. The standard InChI is InChI=1S/C11H20N2O2/c1-4-13-10(8-9(2)12-13)11(14)6-5-7-15-3/h8,11,14H,4-7H2,1-3H3. The Morgan fingerprint density at radius 3 is 2.93 bits per heavy atom. The first-order valence-corrected chi connectivity index (χ1v) is 5.40. The van der Waals surface area contributed by atoms with Gasteiger partial charge in [0, 0.05) is 20.3 Å². The SMILES string of the molecule is CCn1nc(C)cc1C(O)CCCOC. The summed E-state index contributed by atoms with van der Waals surface area (Å²) in [6.45, 7) is 5.45. The van der Waals surface area contributed by atoms with Crippen LogP contribution in [0.1, 0.15) is 37.3 Å². The minimum Gasteiger partial charge on any atom is -0.387 e. The van der Waals surface area contributed by atoms with Gasteiger partial charge < -0.3 is 9.84 Å². The van der Waals surface area contributed by atoms with Gasteiger partial charge in [-0.15, -0.1) is 0 Å². The Balaban J connectivity index is 2.59. The fourth-order valence-corrected chi connectivity index (χ4v) is 1.66. The lowest BCUT2D eigenvalue weighted by Gasteiger charge is -2.11. The third kappa shape index (κ3) is 3.32. The van der Waals surface area contributed by atoms with Gasteiger partial charge in [-0.3, -0.25) is 4.68 Å². The van der Waals surface area contributed by atoms with Crippen LogP contribution in [0.15, 0.2) is 6.07 Å². The van der Waals surface area contributed by atoms with Crippen LogP contribution in [0.25, 0.3) is 0 Å². The number of aliphatic hydroxyl groups is 1. The van der Waals surface area contributed by atoms with Gasteiger partial charge in [-0.25, -0.2) is 0 Å². The fraction of sp³-hybridized carbons (Fsp3) is 0.727. The molecule has 1 N–H and O–H groups in total. The number of hydrogen-bond donors (Lipinski definition) is 1. The molecular weight excluding hydrogens is 192 g/mol. The third-order valence-electron chi connectivity index (χ3n) is 2.40. The van der Waals surface area contributed by atoms with E-state index in [1.165, 1.54) is 0 Å². The van der Waals surface area contributed by atoms with Gasteiger partial charge in [-0.2, -0.15) is 5.10 Å². The molecule has 15 heavy (non-hydrogen) atoms. The molecule has 0 amide bonds. The van der Waals surface area contributed by atoms with Crippen LogP contribution >= 0.6 is 0 Å². The summed E-state index contributed by atoms with van der Waals surface area (Å²) in [6.07, 6.45) is 1.16. The minimum atomic E-state index is -0.429. The van der Waals surface area contributed by atoms with Gasteiger partial charge in [-0.1, -0.05) is 0 Å². The fourth-order valence-electron chi connectivity index (χ4n) is 1.66. The largest absolute Gasteiger partial charge is 0.387 e. The molecule has 1 aromatic rings. The number of nitrogens with zero attached hydrogens (tertiary/aromatic N) is 2. The summed E-state index contributed by atoms with van der Waals surface area (Å²) in [4.78, 5) is 0. The number of aryl methyl sites for hydroxylation is 2. The van der Waals surface area contributed by atoms with Gasteiger partial charge in [0.15, 0.2) is 0 Å². The smallest absolute Gasteiger partial charge is 0.0957 e. The van der Waals surface area contributed by atoms with E-state index in [0.29, 0.717) is 6.61 Å². The number of rotatable bonds is 6. The number of methoxy groups -OCH3 is 1. The second-order valence-corrected chi connectivity index (χ2v) is 3.68. The van der Waals surface area contributed by atoms with Gasteiger partial charge in [0.25, 0.3) is 0 Å². The normalized spacial score (nSPS) is 13.1. The molecule has 0 aliphatic carbocycles. The molecule has 1 heterocycles. The van der Waals surface area contributed by atoms with Crippen LogP contribution in [0.3, 0.4) is 0 Å². The highest BCUT2D eigenvalue weighted by atomic mass is 16.5. The molecule has 4 nitrogen and oxygen atoms in total. The van der Waals surface area contributed by atoms with Crippen LogP contribution in [0.2, 0.25) is 0 Å². The van der Waals surface area contributed by atoms with E-state index in [1.54, 1.807) is 7.11 Å². The summed E-state index contributed by atoms with van der Waals surface area (Å²) in [7, 11) is 1.67. The van der Waals surface area contributed by atoms with E-state index in [0.717, 1.165) is 30.8 Å². The van der Waals surface area contributed by atoms with E-state index >= 15 is 0 Å². The van der Waals surface area contributed by atoms with E-state index in [4.69, 9.17) is 4.74 Å². The van der Waals surface area contributed by atoms with Crippen LogP contribution in [-0.4, -0.2) is 28.6 Å². The molecule has 0 aromatic carbocycles. The van der Waals surface area contributed by atoms with Crippen molar-refractivity contribution in [2.75, 3.05) is 13.7 Å². The van der Waals surface area contributed by atoms with Crippen molar-refractivity contribution in [2.24, 2.45) is 0 Å². The van der Waals surface area contributed by atoms with Crippen LogP contribution < -0.4 is 0 Å². The monoisotopic (exact) mass is 212 g/mol. The second-order valence-electron chi connectivity index (χ2n) is 3.68. The number of aromatic nitrogens is 2. The Hall–Kier alpha value is -0.870. The van der Waals surface area contributed by atoms with Crippen molar-refractivity contribution in [3.63, 3.8) is 0 Å². The average molecular weight is 212 g/mol. The van der Waals surface area contributed by atoms with Crippen molar-refractivity contribution in [3.05, 3.63) is 17.5 Å². The Morgan fingerprint density at radius 1 is 1.60 bits per heavy atom. The van der Waals surface area contributed by atoms with Crippen molar-refractivity contribution in [1.82, 2.24) is 9.78 Å². The summed E-state index contributed by atoms with van der Waals surface area (Å²) in [5.74, 6) is 0. The van der Waals surface area contributed by atoms with Gasteiger partial charge >= 0.3 is 0 Å². The van der Waals surface area contributed by atoms with Crippen molar-refractivity contribution in [2.45, 2.75) is 39.3 Å². The van der Waals surface area contributed by atoms with E-state index in [1.807, 2.05) is 24.6 Å². The molecule has 1 unspecified atom stereocenters. The highest BCUT2D eigenvalue weighted by molar-refractivity contribution is 5.11. The topological polar surface area (TPSA) is 47.3 Å². The van der Waals surface area contributed by atoms with Gasteiger partial charge in [-0.05, 0) is 32.8 Å². The van der Waals surface area contributed by atoms with E-state index in [9.17, 15) is 5.11 Å². The Morgan fingerprint density at radius 2 is 2.33 bits per heavy atom. The lowest BCUT2D eigenvalue weighted by Crippen LogP contribution is -2.08. The van der Waals surface area contributed by atoms with E-state index < -0.39 is 6.10 Å². The average Bonchev–Trinajstić information content (AvgIpc) is 2.60. The van der Waals surface area contributed by atoms with E-state index in [2.05, 4.69) is 5.10 Å². The first-order chi connectivity index (χ1) is 7.19. The molecule has 0 saturated carbocycles. The zero-order valence-electron chi connectivity index (χ0n) is 9.73. The van der Waals surface area contributed by atoms with Crippen molar-refractivity contribution in [1.29, 1.82) is 0 Å². The van der Waals surface area contributed by atoms with Crippen molar-refractivity contribution >= 4 is 0 Å². The third-order valence-corrected chi connectivity index (χ3v) is 2.40. The highest BCUT2D eigenvalue weighted by Gasteiger charge is 2.13. The zero-order chi connectivity index (χ0) is 11.3. The van der Waals surface area contributed by atoms with Gasteiger partial charge in [0.1, 0.15) is 0 Å². The summed E-state index contributed by atoms with van der Waals surface area (Å²) in [5, 5.41) is 14.3. The predicted octanol–water partition coefficient (Wildman–Crippen LogP) is 1.67. The van der Waals surface area contributed by atoms with Crippen LogP contribution in [0, 0.1) is 6.92 Å². The maximum atomic E-state index is 9.96. The molecule has 0 aliphatic rings. The Kier molecular flexibility index (Phi) is 4.78. The molecule has 1 atom stereocenters. The van der Waals surface area contributed by atoms with Crippen LogP contribution in [0.5, 0.6) is 0 Å². The lowest BCUT2D eigenvalue weighted by molar-refractivity contribution is 0.129. The maximum absolute atomic E-state index is 9.96. The maximum Gasteiger partial charge on any atom is 0.0957 e. The van der Waals surface area contributed by atoms with Gasteiger partial charge in [0.05, 0.1) is 17.5 Å². The number of aliphatic hydroxyl groups excluding tert-OH is 1. The van der Waals surface area contributed by atoms with Crippen LogP contribution in [0.4, 0.5) is 0 Å². The number of hydrogen-bond acceptors (Lipinski definition) is 3. The molecule has 1 aromatic heterocycles. The van der Waals surface area contributed by atoms with Crippen molar-refractivity contribution < 1.29 is 9.84 Å². The molecule has 0 spiro atoms. The molecule has 0 saturated heterocycles. The molecule has 0 fully saturated rings. The highest BCUT2D eigenvalue weighted by Crippen LogP contribution is 2.19. The summed E-state index contributed by atoms with van der Waals surface area (Å²) < 4.78 is 6.81. The van der Waals surface area contributed by atoms with Crippen LogP contribution in [-0.2, 0) is 11.3 Å². The molecule has 0 bridgehead atoms. The number of ether oxygens (including phenoxy) is 1. The lowest BCUT2D eigenvalue weighted by atomic mass is 10.1. The first kappa shape index (κ1) is 12.2. The molecule has 1 rings (SSSR count). The van der Waals surface area contributed by atoms with E-state index in [-0.39, 0.29) is 0 Å². The summed E-state index contributed by atoms with van der Waals surface area (Å²) >= 11 is 0. The molecule has 86 valence electrons.